The van der Waals surface area contributed by atoms with E-state index in [0.29, 0.717) is 31.6 Å². The van der Waals surface area contributed by atoms with Crippen LogP contribution in [0.25, 0.3) is 0 Å². The third-order valence-electron chi connectivity index (χ3n) is 5.22. The van der Waals surface area contributed by atoms with Crippen LogP contribution in [-0.2, 0) is 26.2 Å². The van der Waals surface area contributed by atoms with Gasteiger partial charge in [0.15, 0.2) is 5.60 Å². The van der Waals surface area contributed by atoms with Crippen LogP contribution < -0.4 is 0 Å². The van der Waals surface area contributed by atoms with Crippen molar-refractivity contribution < 1.29 is 18.0 Å². The number of oxime groups is 1. The molecule has 1 aromatic heterocycles. The number of benzene rings is 1. The first kappa shape index (κ1) is 19.5. The van der Waals surface area contributed by atoms with E-state index in [1.807, 2.05) is 18.2 Å². The monoisotopic (exact) mass is 414 g/mol. The molecule has 1 amide bonds. The molecule has 152 valence electrons. The molecule has 4 rings (SSSR count). The SMILES string of the molecule is CN(Cc1ccccn1)C(=O)C1=NO[C@@]2(CCN(S(=O)(=O)c3ccccc3)C2)C1. The molecular formula is C20H22N4O4S. The van der Waals surface area contributed by atoms with E-state index in [-0.39, 0.29) is 17.3 Å². The van der Waals surface area contributed by atoms with Crippen LogP contribution in [0.1, 0.15) is 18.5 Å². The van der Waals surface area contributed by atoms with Crippen LogP contribution in [0.3, 0.4) is 0 Å². The maximum atomic E-state index is 12.9. The van der Waals surface area contributed by atoms with Crippen LogP contribution in [0.2, 0.25) is 0 Å². The van der Waals surface area contributed by atoms with Crippen molar-refractivity contribution in [1.29, 1.82) is 0 Å². The molecule has 0 aliphatic carbocycles. The molecule has 0 unspecified atom stereocenters. The molecule has 0 saturated carbocycles. The van der Waals surface area contributed by atoms with E-state index in [4.69, 9.17) is 4.84 Å². The van der Waals surface area contributed by atoms with Gasteiger partial charge in [0.2, 0.25) is 10.0 Å². The van der Waals surface area contributed by atoms with Crippen LogP contribution in [0.5, 0.6) is 0 Å². The van der Waals surface area contributed by atoms with E-state index < -0.39 is 15.6 Å². The van der Waals surface area contributed by atoms with Gasteiger partial charge in [0, 0.05) is 32.6 Å². The summed E-state index contributed by atoms with van der Waals surface area (Å²) in [5, 5.41) is 4.01. The number of nitrogens with zero attached hydrogens (tertiary/aromatic N) is 4. The minimum Gasteiger partial charge on any atom is -0.387 e. The van der Waals surface area contributed by atoms with Crippen molar-refractivity contribution in [3.8, 4) is 0 Å². The van der Waals surface area contributed by atoms with E-state index in [2.05, 4.69) is 10.1 Å². The predicted octanol–water partition coefficient (Wildman–Crippen LogP) is 1.65. The van der Waals surface area contributed by atoms with Crippen LogP contribution >= 0.6 is 0 Å². The fraction of sp³-hybridized carbons (Fsp3) is 0.350. The molecule has 29 heavy (non-hydrogen) atoms. The highest BCUT2D eigenvalue weighted by Gasteiger charge is 2.50. The Morgan fingerprint density at radius 2 is 1.97 bits per heavy atom. The summed E-state index contributed by atoms with van der Waals surface area (Å²) in [6.07, 6.45) is 2.46. The fourth-order valence-corrected chi connectivity index (χ4v) is 5.17. The van der Waals surface area contributed by atoms with Crippen LogP contribution in [0.15, 0.2) is 64.8 Å². The lowest BCUT2D eigenvalue weighted by Gasteiger charge is -2.22. The van der Waals surface area contributed by atoms with Gasteiger partial charge in [0.05, 0.1) is 23.7 Å². The van der Waals surface area contributed by atoms with Crippen LogP contribution in [0, 0.1) is 0 Å². The summed E-state index contributed by atoms with van der Waals surface area (Å²) in [6.45, 7) is 0.868. The molecular weight excluding hydrogens is 392 g/mol. The molecule has 1 atom stereocenters. The summed E-state index contributed by atoms with van der Waals surface area (Å²) in [5.74, 6) is -0.239. The Labute approximate surface area is 169 Å². The molecule has 0 bridgehead atoms. The highest BCUT2D eigenvalue weighted by molar-refractivity contribution is 7.89. The largest absolute Gasteiger partial charge is 0.387 e. The molecule has 8 nitrogen and oxygen atoms in total. The van der Waals surface area contributed by atoms with Crippen molar-refractivity contribution in [1.82, 2.24) is 14.2 Å². The number of pyridine rings is 1. The van der Waals surface area contributed by atoms with Crippen LogP contribution in [0.4, 0.5) is 0 Å². The number of sulfonamides is 1. The Morgan fingerprint density at radius 1 is 1.21 bits per heavy atom. The average Bonchev–Trinajstić information content (AvgIpc) is 3.36. The Bertz CT molecular complexity index is 1030. The van der Waals surface area contributed by atoms with Gasteiger partial charge in [-0.15, -0.1) is 0 Å². The second-order valence-electron chi connectivity index (χ2n) is 7.37. The molecule has 1 spiro atoms. The van der Waals surface area contributed by atoms with E-state index in [1.165, 1.54) is 9.21 Å². The zero-order valence-electron chi connectivity index (χ0n) is 16.1. The summed E-state index contributed by atoms with van der Waals surface area (Å²) in [7, 11) is -1.91. The Kier molecular flexibility index (Phi) is 5.10. The molecule has 2 aliphatic heterocycles. The molecule has 9 heteroatoms. The first-order valence-corrected chi connectivity index (χ1v) is 10.8. The number of amides is 1. The normalized spacial score (nSPS) is 21.8. The van der Waals surface area contributed by atoms with Crippen molar-refractivity contribution in [2.24, 2.45) is 5.16 Å². The fourth-order valence-electron chi connectivity index (χ4n) is 3.64. The van der Waals surface area contributed by atoms with Gasteiger partial charge in [-0.3, -0.25) is 9.78 Å². The maximum absolute atomic E-state index is 12.9. The molecule has 0 N–H and O–H groups in total. The maximum Gasteiger partial charge on any atom is 0.271 e. The third kappa shape index (κ3) is 3.88. The van der Waals surface area contributed by atoms with Crippen molar-refractivity contribution >= 4 is 21.6 Å². The number of carbonyl (C=O) groups is 1. The van der Waals surface area contributed by atoms with Gasteiger partial charge in [-0.25, -0.2) is 8.42 Å². The Hall–Kier alpha value is -2.78. The third-order valence-corrected chi connectivity index (χ3v) is 7.08. The molecule has 2 aromatic rings. The molecule has 1 fully saturated rings. The van der Waals surface area contributed by atoms with Gasteiger partial charge < -0.3 is 9.74 Å². The van der Waals surface area contributed by atoms with Gasteiger partial charge in [-0.05, 0) is 24.3 Å². The molecule has 1 aromatic carbocycles. The predicted molar refractivity (Wildman–Crippen MR) is 106 cm³/mol. The van der Waals surface area contributed by atoms with Gasteiger partial charge in [-0.1, -0.05) is 29.4 Å². The van der Waals surface area contributed by atoms with E-state index in [0.717, 1.165) is 5.69 Å². The molecule has 2 aliphatic rings. The van der Waals surface area contributed by atoms with Crippen molar-refractivity contribution in [2.75, 3.05) is 20.1 Å². The van der Waals surface area contributed by atoms with Crippen LogP contribution in [-0.4, -0.2) is 60.0 Å². The van der Waals surface area contributed by atoms with Gasteiger partial charge >= 0.3 is 0 Å². The molecule has 1 saturated heterocycles. The minimum atomic E-state index is -3.60. The van der Waals surface area contributed by atoms with E-state index in [9.17, 15) is 13.2 Å². The zero-order valence-corrected chi connectivity index (χ0v) is 16.9. The zero-order chi connectivity index (χ0) is 20.5. The summed E-state index contributed by atoms with van der Waals surface area (Å²) in [6, 6.07) is 13.9. The number of rotatable bonds is 5. The van der Waals surface area contributed by atoms with E-state index in [1.54, 1.807) is 43.6 Å². The standard InChI is InChI=1S/C20H22N4O4S/c1-23(14-16-7-5-6-11-21-16)19(25)18-13-20(28-22-18)10-12-24(15-20)29(26,27)17-8-3-2-4-9-17/h2-9,11H,10,12-15H2,1H3/t20-/m0/s1. The first-order valence-electron chi connectivity index (χ1n) is 9.35. The Balaban J connectivity index is 1.41. The molecule has 3 heterocycles. The average molecular weight is 414 g/mol. The van der Waals surface area contributed by atoms with E-state index >= 15 is 0 Å². The smallest absolute Gasteiger partial charge is 0.271 e. The Morgan fingerprint density at radius 3 is 2.69 bits per heavy atom. The quantitative estimate of drug-likeness (QED) is 0.742. The lowest BCUT2D eigenvalue weighted by atomic mass is 9.96. The lowest BCUT2D eigenvalue weighted by molar-refractivity contribution is -0.123. The summed E-state index contributed by atoms with van der Waals surface area (Å²) in [5.41, 5.74) is 0.305. The van der Waals surface area contributed by atoms with Gasteiger partial charge in [0.1, 0.15) is 5.71 Å². The highest BCUT2D eigenvalue weighted by atomic mass is 32.2. The lowest BCUT2D eigenvalue weighted by Crippen LogP contribution is -2.38. The second kappa shape index (κ2) is 7.57. The van der Waals surface area contributed by atoms with Crippen molar-refractivity contribution in [2.45, 2.75) is 29.9 Å². The van der Waals surface area contributed by atoms with Gasteiger partial charge in [0.25, 0.3) is 5.91 Å². The number of carbonyl (C=O) groups excluding carboxylic acids is 1. The molecule has 0 radical (unpaired) electrons. The van der Waals surface area contributed by atoms with Crippen molar-refractivity contribution in [3.63, 3.8) is 0 Å². The van der Waals surface area contributed by atoms with Crippen molar-refractivity contribution in [3.05, 3.63) is 60.4 Å². The summed E-state index contributed by atoms with van der Waals surface area (Å²) in [4.78, 5) is 24.4. The number of aromatic nitrogens is 1. The number of hydrogen-bond acceptors (Lipinski definition) is 6. The highest BCUT2D eigenvalue weighted by Crippen LogP contribution is 2.36. The first-order chi connectivity index (χ1) is 13.9. The summed E-state index contributed by atoms with van der Waals surface area (Å²) >= 11 is 0. The topological polar surface area (TPSA) is 92.2 Å². The second-order valence-corrected chi connectivity index (χ2v) is 9.31. The minimum absolute atomic E-state index is 0.175. The number of hydrogen-bond donors (Lipinski definition) is 0. The summed E-state index contributed by atoms with van der Waals surface area (Å²) < 4.78 is 27.1. The van der Waals surface area contributed by atoms with Gasteiger partial charge in [-0.2, -0.15) is 4.31 Å².